The number of nitrogens with one attached hydrogen (secondary N) is 3. The molecule has 0 bridgehead atoms. The number of anilines is 1. The van der Waals surface area contributed by atoms with E-state index in [4.69, 9.17) is 11.6 Å². The van der Waals surface area contributed by atoms with Gasteiger partial charge in [-0.1, -0.05) is 18.5 Å². The van der Waals surface area contributed by atoms with E-state index in [1.165, 1.54) is 11.8 Å². The number of rotatable bonds is 5. The number of hydrogen-bond acceptors (Lipinski definition) is 6. The average Bonchev–Trinajstić information content (AvgIpc) is 2.53. The first-order valence-electron chi connectivity index (χ1n) is 6.41. The van der Waals surface area contributed by atoms with Crippen molar-refractivity contribution in [3.05, 3.63) is 44.8 Å². The van der Waals surface area contributed by atoms with Gasteiger partial charge in [-0.3, -0.25) is 25.4 Å². The summed E-state index contributed by atoms with van der Waals surface area (Å²) in [7, 11) is 0. The molecule has 116 valence electrons. The predicted molar refractivity (Wildman–Crippen MR) is 86.4 cm³/mol. The van der Waals surface area contributed by atoms with E-state index in [1.54, 1.807) is 19.1 Å². The molecule has 0 atom stereocenters. The SMILES string of the molecule is CCc1nnc(NNC(=O)c2cc(SC)ccc2Cl)[nH]c1=O. The third-order valence-electron chi connectivity index (χ3n) is 2.81. The summed E-state index contributed by atoms with van der Waals surface area (Å²) in [6, 6.07) is 5.16. The van der Waals surface area contributed by atoms with Gasteiger partial charge >= 0.3 is 0 Å². The lowest BCUT2D eigenvalue weighted by Crippen LogP contribution is -2.32. The second-order valence-electron chi connectivity index (χ2n) is 4.23. The maximum Gasteiger partial charge on any atom is 0.274 e. The molecule has 1 heterocycles. The van der Waals surface area contributed by atoms with E-state index in [1.807, 2.05) is 12.3 Å². The molecule has 1 amide bonds. The Morgan fingerprint density at radius 2 is 2.18 bits per heavy atom. The Balaban J connectivity index is 2.10. The summed E-state index contributed by atoms with van der Waals surface area (Å²) >= 11 is 7.51. The van der Waals surface area contributed by atoms with E-state index in [-0.39, 0.29) is 11.5 Å². The number of hydrogen-bond donors (Lipinski definition) is 3. The van der Waals surface area contributed by atoms with Crippen molar-refractivity contribution in [3.63, 3.8) is 0 Å². The molecule has 0 aliphatic carbocycles. The minimum Gasteiger partial charge on any atom is -0.288 e. The minimum absolute atomic E-state index is 0.0488. The minimum atomic E-state index is -0.442. The molecule has 0 aliphatic heterocycles. The highest BCUT2D eigenvalue weighted by Gasteiger charge is 2.11. The highest BCUT2D eigenvalue weighted by molar-refractivity contribution is 7.98. The van der Waals surface area contributed by atoms with Gasteiger partial charge in [0.2, 0.25) is 5.95 Å². The number of carbonyl (C=O) groups excluding carboxylic acids is 1. The van der Waals surface area contributed by atoms with Crippen molar-refractivity contribution in [1.29, 1.82) is 0 Å². The fraction of sp³-hybridized carbons (Fsp3) is 0.231. The molecule has 0 saturated carbocycles. The molecule has 1 aromatic carbocycles. The first-order valence-corrected chi connectivity index (χ1v) is 8.01. The van der Waals surface area contributed by atoms with E-state index in [9.17, 15) is 9.59 Å². The van der Waals surface area contributed by atoms with E-state index in [0.717, 1.165) is 4.90 Å². The molecule has 9 heteroatoms. The molecule has 7 nitrogen and oxygen atoms in total. The zero-order valence-corrected chi connectivity index (χ0v) is 13.5. The number of aryl methyl sites for hydroxylation is 1. The van der Waals surface area contributed by atoms with Crippen molar-refractivity contribution in [2.24, 2.45) is 0 Å². The Kier molecular flexibility index (Phi) is 5.40. The van der Waals surface area contributed by atoms with Crippen LogP contribution in [0.15, 0.2) is 27.9 Å². The largest absolute Gasteiger partial charge is 0.288 e. The molecule has 1 aromatic heterocycles. The Labute approximate surface area is 135 Å². The smallest absolute Gasteiger partial charge is 0.274 e. The van der Waals surface area contributed by atoms with Crippen LogP contribution in [0.2, 0.25) is 5.02 Å². The second-order valence-corrected chi connectivity index (χ2v) is 5.51. The summed E-state index contributed by atoms with van der Waals surface area (Å²) in [6.45, 7) is 1.80. The Bertz CT molecular complexity index is 749. The van der Waals surface area contributed by atoms with Crippen molar-refractivity contribution in [2.75, 3.05) is 11.7 Å². The zero-order chi connectivity index (χ0) is 16.1. The van der Waals surface area contributed by atoms with Gasteiger partial charge in [0.05, 0.1) is 10.6 Å². The zero-order valence-electron chi connectivity index (χ0n) is 11.9. The number of H-pyrrole nitrogens is 1. The van der Waals surface area contributed by atoms with Gasteiger partial charge in [-0.2, -0.15) is 0 Å². The number of nitrogens with zero attached hydrogens (tertiary/aromatic N) is 2. The van der Waals surface area contributed by atoms with Crippen LogP contribution in [0, 0.1) is 0 Å². The first-order chi connectivity index (χ1) is 10.5. The first kappa shape index (κ1) is 16.3. The van der Waals surface area contributed by atoms with Gasteiger partial charge in [-0.05, 0) is 30.9 Å². The van der Waals surface area contributed by atoms with E-state index in [2.05, 4.69) is 26.0 Å². The van der Waals surface area contributed by atoms with Crippen molar-refractivity contribution in [3.8, 4) is 0 Å². The highest BCUT2D eigenvalue weighted by Crippen LogP contribution is 2.22. The van der Waals surface area contributed by atoms with Crippen molar-refractivity contribution < 1.29 is 4.79 Å². The van der Waals surface area contributed by atoms with Crippen molar-refractivity contribution in [2.45, 2.75) is 18.2 Å². The number of aromatic nitrogens is 3. The molecular weight excluding hydrogens is 326 g/mol. The molecule has 2 rings (SSSR count). The third kappa shape index (κ3) is 3.77. The van der Waals surface area contributed by atoms with Gasteiger partial charge in [-0.15, -0.1) is 22.0 Å². The van der Waals surface area contributed by atoms with Crippen LogP contribution in [-0.4, -0.2) is 27.3 Å². The normalized spacial score (nSPS) is 10.3. The van der Waals surface area contributed by atoms with Crippen molar-refractivity contribution in [1.82, 2.24) is 20.6 Å². The summed E-state index contributed by atoms with van der Waals surface area (Å²) in [5.41, 5.74) is 5.22. The van der Waals surface area contributed by atoms with Crippen LogP contribution in [-0.2, 0) is 6.42 Å². The summed E-state index contributed by atoms with van der Waals surface area (Å²) in [5, 5.41) is 7.85. The van der Waals surface area contributed by atoms with Crippen LogP contribution in [0.25, 0.3) is 0 Å². The summed E-state index contributed by atoms with van der Waals surface area (Å²) < 4.78 is 0. The van der Waals surface area contributed by atoms with E-state index in [0.29, 0.717) is 22.7 Å². The van der Waals surface area contributed by atoms with Gasteiger partial charge in [0.15, 0.2) is 0 Å². The lowest BCUT2D eigenvalue weighted by Gasteiger charge is -2.09. The van der Waals surface area contributed by atoms with Gasteiger partial charge in [-0.25, -0.2) is 0 Å². The highest BCUT2D eigenvalue weighted by atomic mass is 35.5. The number of amides is 1. The fourth-order valence-corrected chi connectivity index (χ4v) is 2.28. The van der Waals surface area contributed by atoms with Crippen LogP contribution in [0.1, 0.15) is 23.0 Å². The topological polar surface area (TPSA) is 99.8 Å². The summed E-state index contributed by atoms with van der Waals surface area (Å²) in [6.07, 6.45) is 2.38. The lowest BCUT2D eigenvalue weighted by molar-refractivity contribution is 0.0962. The standard InChI is InChI=1S/C13H14ClN5O2S/c1-3-10-12(21)15-13(18-16-10)19-17-11(20)8-6-7(22-2)4-5-9(8)14/h4-6H,3H2,1-2H3,(H,17,20)(H2,15,18,19,21). The van der Waals surface area contributed by atoms with E-state index >= 15 is 0 Å². The molecule has 22 heavy (non-hydrogen) atoms. The molecule has 0 unspecified atom stereocenters. The monoisotopic (exact) mass is 339 g/mol. The molecular formula is C13H14ClN5O2S. The molecule has 0 fully saturated rings. The molecule has 2 aromatic rings. The molecule has 0 spiro atoms. The van der Waals surface area contributed by atoms with Crippen LogP contribution in [0.3, 0.4) is 0 Å². The Morgan fingerprint density at radius 1 is 1.41 bits per heavy atom. The number of hydrazine groups is 1. The maximum absolute atomic E-state index is 12.1. The Morgan fingerprint density at radius 3 is 2.82 bits per heavy atom. The molecule has 3 N–H and O–H groups in total. The quantitative estimate of drug-likeness (QED) is 0.568. The van der Waals surface area contributed by atoms with Crippen LogP contribution in [0.5, 0.6) is 0 Å². The predicted octanol–water partition coefficient (Wildman–Crippen LogP) is 1.86. The molecule has 0 saturated heterocycles. The second kappa shape index (κ2) is 7.28. The van der Waals surface area contributed by atoms with E-state index < -0.39 is 5.91 Å². The Hall–Kier alpha value is -2.06. The molecule has 0 radical (unpaired) electrons. The van der Waals surface area contributed by atoms with Gasteiger partial charge in [0, 0.05) is 4.90 Å². The van der Waals surface area contributed by atoms with Gasteiger partial charge in [0.25, 0.3) is 11.5 Å². The third-order valence-corrected chi connectivity index (χ3v) is 3.87. The van der Waals surface area contributed by atoms with Crippen molar-refractivity contribution >= 4 is 35.2 Å². The summed E-state index contributed by atoms with van der Waals surface area (Å²) in [5.74, 6) is -0.393. The fourth-order valence-electron chi connectivity index (χ4n) is 1.64. The number of halogens is 1. The van der Waals surface area contributed by atoms with Crippen LogP contribution >= 0.6 is 23.4 Å². The van der Waals surface area contributed by atoms with Gasteiger partial charge in [0.1, 0.15) is 5.69 Å². The van der Waals surface area contributed by atoms with Crippen LogP contribution in [0.4, 0.5) is 5.95 Å². The van der Waals surface area contributed by atoms with Gasteiger partial charge < -0.3 is 0 Å². The number of aromatic amines is 1. The summed E-state index contributed by atoms with van der Waals surface area (Å²) in [4.78, 5) is 27.1. The number of carbonyl (C=O) groups is 1. The average molecular weight is 340 g/mol. The molecule has 0 aliphatic rings. The lowest BCUT2D eigenvalue weighted by atomic mass is 10.2. The number of thioether (sulfide) groups is 1. The van der Waals surface area contributed by atoms with Crippen LogP contribution < -0.4 is 16.4 Å². The number of benzene rings is 1. The maximum atomic E-state index is 12.1.